The third kappa shape index (κ3) is 2.82. The standard InChI is InChI=1S/C26H28N4O2/c1-32-22-9-7-19(8-10-22)17-28-18-20-15-24(30-14-4-11-26(20,30)25(28)31)23-6-3-13-29(23)21-5-2-12-27-16-21/h2-3,5-10,12-13,16,20,24H,4,11,14-15,17-18H2,1H3/t20-,24-,26-/m0/s1. The van der Waals surface area contributed by atoms with Gasteiger partial charge in [-0.2, -0.15) is 0 Å². The quantitative estimate of drug-likeness (QED) is 0.620. The van der Waals surface area contributed by atoms with E-state index in [-0.39, 0.29) is 11.6 Å². The highest BCUT2D eigenvalue weighted by molar-refractivity contribution is 5.90. The minimum Gasteiger partial charge on any atom is -0.497 e. The number of nitrogens with zero attached hydrogens (tertiary/aromatic N) is 4. The maximum atomic E-state index is 13.8. The molecular weight excluding hydrogens is 400 g/mol. The van der Waals surface area contributed by atoms with Gasteiger partial charge in [0.2, 0.25) is 5.91 Å². The summed E-state index contributed by atoms with van der Waals surface area (Å²) in [6, 6.07) is 16.7. The minimum absolute atomic E-state index is 0.268. The van der Waals surface area contributed by atoms with Gasteiger partial charge in [-0.25, -0.2) is 0 Å². The van der Waals surface area contributed by atoms with Crippen LogP contribution in [-0.2, 0) is 11.3 Å². The van der Waals surface area contributed by atoms with E-state index in [0.29, 0.717) is 18.4 Å². The van der Waals surface area contributed by atoms with Crippen LogP contribution >= 0.6 is 0 Å². The topological polar surface area (TPSA) is 50.6 Å². The van der Waals surface area contributed by atoms with Crippen LogP contribution in [0.3, 0.4) is 0 Å². The predicted octanol–water partition coefficient (Wildman–Crippen LogP) is 3.82. The minimum atomic E-state index is -0.332. The molecule has 3 aliphatic rings. The average Bonchev–Trinajstić information content (AvgIpc) is 3.58. The van der Waals surface area contributed by atoms with E-state index in [4.69, 9.17) is 4.74 Å². The molecule has 0 saturated carbocycles. The lowest BCUT2D eigenvalue weighted by Crippen LogP contribution is -2.49. The Kier molecular flexibility index (Phi) is 4.57. The van der Waals surface area contributed by atoms with Crippen LogP contribution in [0.2, 0.25) is 0 Å². The molecule has 6 rings (SSSR count). The van der Waals surface area contributed by atoms with Crippen LogP contribution < -0.4 is 4.74 Å². The number of ether oxygens (including phenoxy) is 1. The third-order valence-electron chi connectivity index (χ3n) is 7.71. The smallest absolute Gasteiger partial charge is 0.243 e. The van der Waals surface area contributed by atoms with E-state index in [1.54, 1.807) is 13.3 Å². The maximum absolute atomic E-state index is 13.8. The first-order chi connectivity index (χ1) is 15.7. The highest BCUT2D eigenvalue weighted by Crippen LogP contribution is 2.56. The first kappa shape index (κ1) is 19.6. The lowest BCUT2D eigenvalue weighted by atomic mass is 9.85. The number of methoxy groups -OCH3 is 1. The fraction of sp³-hybridized carbons (Fsp3) is 0.385. The number of hydrogen-bond donors (Lipinski definition) is 0. The molecule has 3 aliphatic heterocycles. The Hall–Kier alpha value is -3.12. The van der Waals surface area contributed by atoms with Crippen molar-refractivity contribution in [3.63, 3.8) is 0 Å². The van der Waals surface area contributed by atoms with Gasteiger partial charge in [0.25, 0.3) is 0 Å². The SMILES string of the molecule is COc1ccc(CN2C[C@@H]3C[C@@H](c4cccn4-c4cccnc4)N4CCC[C@@]34C2=O)cc1. The van der Waals surface area contributed by atoms with Crippen molar-refractivity contribution in [2.45, 2.75) is 37.4 Å². The van der Waals surface area contributed by atoms with Crippen molar-refractivity contribution in [2.24, 2.45) is 5.92 Å². The zero-order valence-electron chi connectivity index (χ0n) is 18.4. The molecule has 3 saturated heterocycles. The van der Waals surface area contributed by atoms with Crippen molar-refractivity contribution in [3.05, 3.63) is 78.4 Å². The molecule has 1 amide bonds. The summed E-state index contributed by atoms with van der Waals surface area (Å²) in [5, 5.41) is 0. The molecule has 2 aromatic heterocycles. The number of carbonyl (C=O) groups is 1. The van der Waals surface area contributed by atoms with Gasteiger partial charge in [-0.05, 0) is 67.8 Å². The van der Waals surface area contributed by atoms with Gasteiger partial charge in [-0.3, -0.25) is 14.7 Å². The van der Waals surface area contributed by atoms with Crippen molar-refractivity contribution in [1.82, 2.24) is 19.4 Å². The molecule has 3 fully saturated rings. The van der Waals surface area contributed by atoms with E-state index in [1.165, 1.54) is 5.69 Å². The molecule has 6 heteroatoms. The first-order valence-electron chi connectivity index (χ1n) is 11.5. The highest BCUT2D eigenvalue weighted by Gasteiger charge is 2.65. The number of benzene rings is 1. The lowest BCUT2D eigenvalue weighted by molar-refractivity contribution is -0.137. The van der Waals surface area contributed by atoms with Crippen LogP contribution in [0.15, 0.2) is 67.1 Å². The zero-order chi connectivity index (χ0) is 21.7. The van der Waals surface area contributed by atoms with Crippen LogP contribution in [0.25, 0.3) is 5.69 Å². The Morgan fingerprint density at radius 1 is 1.16 bits per heavy atom. The Labute approximate surface area is 188 Å². The van der Waals surface area contributed by atoms with Gasteiger partial charge in [0.15, 0.2) is 0 Å². The van der Waals surface area contributed by atoms with Crippen molar-refractivity contribution in [1.29, 1.82) is 0 Å². The molecule has 0 unspecified atom stereocenters. The summed E-state index contributed by atoms with van der Waals surface area (Å²) in [6.45, 7) is 2.50. The molecule has 3 atom stereocenters. The van der Waals surface area contributed by atoms with E-state index in [0.717, 1.165) is 49.4 Å². The van der Waals surface area contributed by atoms with Gasteiger partial charge in [0, 0.05) is 37.1 Å². The maximum Gasteiger partial charge on any atom is 0.243 e. The van der Waals surface area contributed by atoms with E-state index in [1.807, 2.05) is 24.4 Å². The summed E-state index contributed by atoms with van der Waals surface area (Å²) in [4.78, 5) is 22.7. The van der Waals surface area contributed by atoms with Crippen LogP contribution in [0.1, 0.15) is 36.6 Å². The molecule has 0 N–H and O–H groups in total. The number of carbonyl (C=O) groups excluding carboxylic acids is 1. The van der Waals surface area contributed by atoms with E-state index in [9.17, 15) is 4.79 Å². The van der Waals surface area contributed by atoms with Crippen LogP contribution in [-0.4, -0.2) is 51.0 Å². The Morgan fingerprint density at radius 2 is 2.03 bits per heavy atom. The second-order valence-electron chi connectivity index (χ2n) is 9.22. The van der Waals surface area contributed by atoms with Crippen LogP contribution in [0.5, 0.6) is 5.75 Å². The van der Waals surface area contributed by atoms with Crippen molar-refractivity contribution >= 4 is 5.91 Å². The van der Waals surface area contributed by atoms with Gasteiger partial charge < -0.3 is 14.2 Å². The molecule has 0 aliphatic carbocycles. The second kappa shape index (κ2) is 7.48. The van der Waals surface area contributed by atoms with Crippen molar-refractivity contribution in [2.75, 3.05) is 20.2 Å². The molecule has 32 heavy (non-hydrogen) atoms. The third-order valence-corrected chi connectivity index (χ3v) is 7.71. The van der Waals surface area contributed by atoms with Crippen LogP contribution in [0, 0.1) is 5.92 Å². The largest absolute Gasteiger partial charge is 0.497 e. The molecular formula is C26H28N4O2. The van der Waals surface area contributed by atoms with E-state index >= 15 is 0 Å². The zero-order valence-corrected chi connectivity index (χ0v) is 18.4. The van der Waals surface area contributed by atoms with Crippen molar-refractivity contribution < 1.29 is 9.53 Å². The average molecular weight is 429 g/mol. The molecule has 1 aromatic carbocycles. The normalized spacial score (nSPS) is 27.0. The molecule has 5 heterocycles. The highest BCUT2D eigenvalue weighted by atomic mass is 16.5. The van der Waals surface area contributed by atoms with E-state index < -0.39 is 0 Å². The van der Waals surface area contributed by atoms with Gasteiger partial charge in [0.05, 0.1) is 25.0 Å². The van der Waals surface area contributed by atoms with Crippen LogP contribution in [0.4, 0.5) is 0 Å². The molecule has 0 bridgehead atoms. The fourth-order valence-corrected chi connectivity index (χ4v) is 6.34. The summed E-state index contributed by atoms with van der Waals surface area (Å²) < 4.78 is 7.51. The number of pyridine rings is 1. The number of amides is 1. The molecule has 164 valence electrons. The summed E-state index contributed by atoms with van der Waals surface area (Å²) in [7, 11) is 1.68. The number of likely N-dealkylation sites (tertiary alicyclic amines) is 1. The molecule has 3 aromatic rings. The monoisotopic (exact) mass is 428 g/mol. The predicted molar refractivity (Wildman–Crippen MR) is 121 cm³/mol. The van der Waals surface area contributed by atoms with Gasteiger partial charge in [-0.1, -0.05) is 12.1 Å². The number of hydrogen-bond acceptors (Lipinski definition) is 4. The Balaban J connectivity index is 1.28. The number of rotatable bonds is 5. The molecule has 0 radical (unpaired) electrons. The Bertz CT molecular complexity index is 1130. The summed E-state index contributed by atoms with van der Waals surface area (Å²) >= 11 is 0. The lowest BCUT2D eigenvalue weighted by Gasteiger charge is -2.34. The summed E-state index contributed by atoms with van der Waals surface area (Å²) in [6.07, 6.45) is 8.90. The second-order valence-corrected chi connectivity index (χ2v) is 9.22. The number of aromatic nitrogens is 2. The molecule has 6 nitrogen and oxygen atoms in total. The Morgan fingerprint density at radius 3 is 2.81 bits per heavy atom. The van der Waals surface area contributed by atoms with E-state index in [2.05, 4.69) is 55.9 Å². The van der Waals surface area contributed by atoms with Gasteiger partial charge in [0.1, 0.15) is 11.3 Å². The summed E-state index contributed by atoms with van der Waals surface area (Å²) in [5.41, 5.74) is 3.16. The van der Waals surface area contributed by atoms with Crippen molar-refractivity contribution in [3.8, 4) is 11.4 Å². The van der Waals surface area contributed by atoms with Gasteiger partial charge >= 0.3 is 0 Å². The molecule has 1 spiro atoms. The van der Waals surface area contributed by atoms with Gasteiger partial charge in [-0.15, -0.1) is 0 Å². The summed E-state index contributed by atoms with van der Waals surface area (Å²) in [5.74, 6) is 1.54. The first-order valence-corrected chi connectivity index (χ1v) is 11.5. The fourth-order valence-electron chi connectivity index (χ4n) is 6.34.